The fourth-order valence-electron chi connectivity index (χ4n) is 19.0. The molecule has 0 unspecified atom stereocenters. The fraction of sp³-hybridized carbons (Fsp3) is 0. The van der Waals surface area contributed by atoms with Crippen molar-refractivity contribution >= 4 is 130 Å². The molecule has 4 nitrogen and oxygen atoms in total. The molecule has 2 aliphatic rings. The van der Waals surface area contributed by atoms with Crippen molar-refractivity contribution in [3.63, 3.8) is 0 Å². The van der Waals surface area contributed by atoms with E-state index in [1.807, 2.05) is 0 Å². The lowest BCUT2D eigenvalue weighted by molar-refractivity contribution is 1.18. The Balaban J connectivity index is 0.719. The summed E-state index contributed by atoms with van der Waals surface area (Å²) in [5.41, 5.74) is 31.4. The van der Waals surface area contributed by atoms with Gasteiger partial charge in [-0.25, -0.2) is 0 Å². The zero-order valence-corrected chi connectivity index (χ0v) is 56.3. The van der Waals surface area contributed by atoms with Gasteiger partial charge in [-0.05, 0) is 196 Å². The molecule has 0 fully saturated rings. The largest absolute Gasteiger partial charge is 0.309 e. The van der Waals surface area contributed by atoms with Crippen molar-refractivity contribution < 1.29 is 0 Å². The molecule has 22 aromatic rings. The first-order chi connectivity index (χ1) is 51.6. The first-order valence-electron chi connectivity index (χ1n) is 36.1. The van der Waals surface area contributed by atoms with Crippen LogP contribution in [0.2, 0.25) is 0 Å². The molecule has 0 aliphatic heterocycles. The van der Waals surface area contributed by atoms with Crippen molar-refractivity contribution in [1.29, 1.82) is 0 Å². The van der Waals surface area contributed by atoms with Crippen LogP contribution in [-0.4, -0.2) is 18.3 Å². The normalized spacial score (nSPS) is 12.4. The predicted molar refractivity (Wildman–Crippen MR) is 439 cm³/mol. The Hall–Kier alpha value is -13.8. The summed E-state index contributed by atoms with van der Waals surface area (Å²) in [6.45, 7) is 0. The summed E-state index contributed by atoms with van der Waals surface area (Å²) in [6.07, 6.45) is 0. The van der Waals surface area contributed by atoms with Crippen molar-refractivity contribution in [1.82, 2.24) is 18.3 Å². The molecule has 0 N–H and O–H groups in total. The number of aromatic nitrogens is 4. The molecule has 18 aromatic carbocycles. The summed E-state index contributed by atoms with van der Waals surface area (Å²) < 4.78 is 10.0. The lowest BCUT2D eigenvalue weighted by atomic mass is 9.91. The highest BCUT2D eigenvalue weighted by Crippen LogP contribution is 2.54. The molecule has 4 aromatic heterocycles. The van der Waals surface area contributed by atoms with E-state index in [-0.39, 0.29) is 0 Å². The van der Waals surface area contributed by atoms with Crippen LogP contribution in [0.5, 0.6) is 0 Å². The van der Waals surface area contributed by atoms with Crippen LogP contribution in [0.3, 0.4) is 0 Å². The molecule has 0 bridgehead atoms. The molecule has 0 atom stereocenters. The molecule has 2 aliphatic carbocycles. The Bertz CT molecular complexity index is 7550. The van der Waals surface area contributed by atoms with E-state index < -0.39 is 0 Å². The Morgan fingerprint density at radius 3 is 1.25 bits per heavy atom. The third-order valence-corrected chi connectivity index (χ3v) is 23.4. The van der Waals surface area contributed by atoms with Gasteiger partial charge in [0.1, 0.15) is 0 Å². The van der Waals surface area contributed by atoms with Gasteiger partial charge in [0.2, 0.25) is 0 Å². The highest BCUT2D eigenvalue weighted by molar-refractivity contribution is 6.26. The van der Waals surface area contributed by atoms with Crippen LogP contribution in [0.25, 0.3) is 231 Å². The molecule has 0 saturated carbocycles. The van der Waals surface area contributed by atoms with E-state index in [0.717, 1.165) is 22.5 Å². The average molecular weight is 1320 g/mol. The van der Waals surface area contributed by atoms with E-state index in [1.54, 1.807) is 0 Å². The summed E-state index contributed by atoms with van der Waals surface area (Å²) in [6, 6.07) is 133. The molecule has 24 rings (SSSR count). The second-order valence-electron chi connectivity index (χ2n) is 28.6. The lowest BCUT2D eigenvalue weighted by Gasteiger charge is -2.16. The molecule has 0 amide bonds. The zero-order chi connectivity index (χ0) is 67.6. The van der Waals surface area contributed by atoms with Crippen LogP contribution in [-0.2, 0) is 0 Å². The van der Waals surface area contributed by atoms with E-state index in [1.165, 1.54) is 208 Å². The summed E-state index contributed by atoms with van der Waals surface area (Å²) in [4.78, 5) is 0. The third-order valence-electron chi connectivity index (χ3n) is 23.4. The van der Waals surface area contributed by atoms with Crippen molar-refractivity contribution in [2.75, 3.05) is 0 Å². The van der Waals surface area contributed by atoms with Gasteiger partial charge in [-0.2, -0.15) is 0 Å². The van der Waals surface area contributed by atoms with Gasteiger partial charge in [-0.15, -0.1) is 0 Å². The topological polar surface area (TPSA) is 19.7 Å². The summed E-state index contributed by atoms with van der Waals surface area (Å²) in [7, 11) is 0. The molecule has 0 spiro atoms. The van der Waals surface area contributed by atoms with E-state index in [2.05, 4.69) is 370 Å². The molecule has 4 heteroatoms. The summed E-state index contributed by atoms with van der Waals surface area (Å²) in [5, 5.41) is 19.8. The third kappa shape index (κ3) is 7.59. The smallest absolute Gasteiger partial charge is 0.0619 e. The standard InChI is InChI=1S/C100H58N4/c1-3-21-66(22-4-1)101-88-35-15-13-29-73(88)86-53-61(41-49-92(86)101)63-39-44-74-79-45-37-60-20-8-10-26-69(60)100(79)104(94(74)57-63)91-52-48-78-85-55-64(40-43-72(85)76-32-18-34-82(91)97(76)78)84-56-65(62-42-50-93-87(54-62)80-46-38-59-19-7-9-25-68(59)99(80)102(93)67-23-5-2-6-24-67)58-95-98(84)83-30-14-16-36-89(83)103(95)90-51-47-77-71-28-12-11-27-70(71)75-31-17-33-81(90)96(75)77/h1-58H. The predicted octanol–water partition coefficient (Wildman–Crippen LogP) is 27.0. The first-order valence-corrected chi connectivity index (χ1v) is 36.1. The number of hydrogen-bond donors (Lipinski definition) is 0. The van der Waals surface area contributed by atoms with E-state index >= 15 is 0 Å². The van der Waals surface area contributed by atoms with E-state index in [9.17, 15) is 0 Å². The molecule has 104 heavy (non-hydrogen) atoms. The summed E-state index contributed by atoms with van der Waals surface area (Å²) in [5.74, 6) is 0. The van der Waals surface area contributed by atoms with Gasteiger partial charge < -0.3 is 18.3 Å². The maximum absolute atomic E-state index is 2.59. The fourth-order valence-corrected chi connectivity index (χ4v) is 19.0. The molecule has 478 valence electrons. The van der Waals surface area contributed by atoms with Crippen LogP contribution >= 0.6 is 0 Å². The average Bonchev–Trinajstić information content (AvgIpc) is 1.54. The van der Waals surface area contributed by atoms with Gasteiger partial charge in [0.05, 0.1) is 55.5 Å². The van der Waals surface area contributed by atoms with Crippen LogP contribution in [0.15, 0.2) is 352 Å². The minimum Gasteiger partial charge on any atom is -0.309 e. The summed E-state index contributed by atoms with van der Waals surface area (Å²) >= 11 is 0. The number of benzene rings is 18. The van der Waals surface area contributed by atoms with Crippen LogP contribution in [0, 0.1) is 0 Å². The number of fused-ring (bicyclic) bond motifs is 22. The first kappa shape index (κ1) is 56.0. The number of hydrogen-bond acceptors (Lipinski definition) is 0. The van der Waals surface area contributed by atoms with Gasteiger partial charge in [0.25, 0.3) is 0 Å². The Morgan fingerprint density at radius 1 is 0.154 bits per heavy atom. The minimum atomic E-state index is 1.15. The van der Waals surface area contributed by atoms with Gasteiger partial charge in [0.15, 0.2) is 0 Å². The zero-order valence-electron chi connectivity index (χ0n) is 56.3. The highest BCUT2D eigenvalue weighted by Gasteiger charge is 2.30. The lowest BCUT2D eigenvalue weighted by Crippen LogP contribution is -1.97. The molecule has 4 heterocycles. The molecule has 0 saturated heterocycles. The maximum Gasteiger partial charge on any atom is 0.0619 e. The van der Waals surface area contributed by atoms with Crippen LogP contribution in [0.1, 0.15) is 0 Å². The van der Waals surface area contributed by atoms with Crippen LogP contribution in [0.4, 0.5) is 0 Å². The quantitative estimate of drug-likeness (QED) is 0.152. The van der Waals surface area contributed by atoms with Gasteiger partial charge >= 0.3 is 0 Å². The number of para-hydroxylation sites is 4. The molecule has 0 radical (unpaired) electrons. The minimum absolute atomic E-state index is 1.15. The highest BCUT2D eigenvalue weighted by atomic mass is 15.0. The Kier molecular flexibility index (Phi) is 11.3. The molecular weight excluding hydrogens is 1260 g/mol. The second-order valence-corrected chi connectivity index (χ2v) is 28.6. The second kappa shape index (κ2) is 20.9. The van der Waals surface area contributed by atoms with Gasteiger partial charge in [-0.1, -0.05) is 255 Å². The van der Waals surface area contributed by atoms with Gasteiger partial charge in [0, 0.05) is 76.0 Å². The van der Waals surface area contributed by atoms with Crippen molar-refractivity contribution in [3.8, 4) is 101 Å². The van der Waals surface area contributed by atoms with Gasteiger partial charge in [-0.3, -0.25) is 0 Å². The monoisotopic (exact) mass is 1310 g/mol. The molecular formula is C100H58N4. The maximum atomic E-state index is 2.59. The van der Waals surface area contributed by atoms with Crippen molar-refractivity contribution in [3.05, 3.63) is 352 Å². The van der Waals surface area contributed by atoms with Crippen molar-refractivity contribution in [2.24, 2.45) is 0 Å². The number of nitrogens with zero attached hydrogens (tertiary/aromatic N) is 4. The van der Waals surface area contributed by atoms with Crippen molar-refractivity contribution in [2.45, 2.75) is 0 Å². The van der Waals surface area contributed by atoms with E-state index in [0.29, 0.717) is 0 Å². The van der Waals surface area contributed by atoms with E-state index in [4.69, 9.17) is 0 Å². The number of rotatable bonds is 7. The van der Waals surface area contributed by atoms with Crippen LogP contribution < -0.4 is 0 Å². The SMILES string of the molecule is c1ccc(-n2c3ccccc3c3cc(-c4ccc5c6ccc7ccccc7c6n(-c6ccc7c8c(cccc68)-c6ccc(-c8cc(-c9ccc%10c(c9)c9ccc%11ccccc%11c9n%10-c9ccccc9)cc9c8c8ccccc8n9-c8ccc9c%10c(cccc8%10)-c8ccccc8-9)cc6-7)c5c4)ccc32)cc1. The Morgan fingerprint density at radius 2 is 0.567 bits per heavy atom. The Labute approximate surface area is 597 Å².